The van der Waals surface area contributed by atoms with Crippen LogP contribution in [0.2, 0.25) is 0 Å². The van der Waals surface area contributed by atoms with Crippen molar-refractivity contribution in [1.82, 2.24) is 10.6 Å². The minimum Gasteiger partial charge on any atom is -0.315 e. The second-order valence-electron chi connectivity index (χ2n) is 3.50. The first-order chi connectivity index (χ1) is 6.45. The quantitative estimate of drug-likeness (QED) is 0.767. The van der Waals surface area contributed by atoms with Crippen molar-refractivity contribution in [2.75, 3.05) is 13.1 Å². The van der Waals surface area contributed by atoms with Crippen LogP contribution < -0.4 is 10.6 Å². The molecule has 0 saturated carbocycles. The third-order valence-electron chi connectivity index (χ3n) is 2.44. The molecule has 1 fully saturated rings. The molecule has 2 nitrogen and oxygen atoms in total. The summed E-state index contributed by atoms with van der Waals surface area (Å²) in [5, 5.41) is 9.11. The van der Waals surface area contributed by atoms with E-state index in [1.807, 2.05) is 11.3 Å². The van der Waals surface area contributed by atoms with E-state index in [0.717, 1.165) is 13.1 Å². The Bertz CT molecular complexity index is 227. The van der Waals surface area contributed by atoms with E-state index in [9.17, 15) is 0 Å². The van der Waals surface area contributed by atoms with Gasteiger partial charge in [0.2, 0.25) is 0 Å². The monoisotopic (exact) mass is 196 g/mol. The highest BCUT2D eigenvalue weighted by molar-refractivity contribution is 7.09. The molecule has 72 valence electrons. The maximum absolute atomic E-state index is 3.57. The lowest BCUT2D eigenvalue weighted by Crippen LogP contribution is -2.42. The maximum atomic E-state index is 3.57. The van der Waals surface area contributed by atoms with Crippen molar-refractivity contribution in [2.45, 2.75) is 25.4 Å². The minimum atomic E-state index is 0.677. The van der Waals surface area contributed by atoms with Crippen LogP contribution in [0.3, 0.4) is 0 Å². The van der Waals surface area contributed by atoms with Gasteiger partial charge in [-0.1, -0.05) is 6.07 Å². The summed E-state index contributed by atoms with van der Waals surface area (Å²) < 4.78 is 0. The molecule has 0 radical (unpaired) electrons. The molecule has 1 aromatic rings. The summed E-state index contributed by atoms with van der Waals surface area (Å²) in [5.41, 5.74) is 0. The first-order valence-corrected chi connectivity index (χ1v) is 5.79. The molecule has 1 aliphatic heterocycles. The fraction of sp³-hybridized carbons (Fsp3) is 0.600. The first kappa shape index (κ1) is 9.19. The van der Waals surface area contributed by atoms with Crippen molar-refractivity contribution in [2.24, 2.45) is 0 Å². The average Bonchev–Trinajstić information content (AvgIpc) is 2.69. The van der Waals surface area contributed by atoms with Gasteiger partial charge in [-0.15, -0.1) is 11.3 Å². The van der Waals surface area contributed by atoms with E-state index in [1.165, 1.54) is 24.3 Å². The zero-order valence-corrected chi connectivity index (χ0v) is 8.57. The molecule has 2 heterocycles. The van der Waals surface area contributed by atoms with Crippen molar-refractivity contribution < 1.29 is 0 Å². The molecule has 0 aromatic carbocycles. The molecule has 0 amide bonds. The molecule has 2 rings (SSSR count). The third kappa shape index (κ3) is 2.79. The standard InChI is InChI=1S/C10H16N2S/c1-3-9(7-11-5-1)12-8-10-4-2-6-13-10/h2,4,6,9,11-12H,1,3,5,7-8H2. The van der Waals surface area contributed by atoms with Gasteiger partial charge in [-0.2, -0.15) is 0 Å². The zero-order chi connectivity index (χ0) is 8.93. The number of thiophene rings is 1. The number of hydrogen-bond donors (Lipinski definition) is 2. The van der Waals surface area contributed by atoms with Crippen LogP contribution in [-0.4, -0.2) is 19.1 Å². The maximum Gasteiger partial charge on any atom is 0.0302 e. The molecule has 1 saturated heterocycles. The van der Waals surface area contributed by atoms with Gasteiger partial charge in [0.15, 0.2) is 0 Å². The highest BCUT2D eigenvalue weighted by Crippen LogP contribution is 2.09. The van der Waals surface area contributed by atoms with Crippen LogP contribution in [0.1, 0.15) is 17.7 Å². The van der Waals surface area contributed by atoms with Crippen molar-refractivity contribution in [3.63, 3.8) is 0 Å². The van der Waals surface area contributed by atoms with Crippen LogP contribution in [0.5, 0.6) is 0 Å². The predicted octanol–water partition coefficient (Wildman–Crippen LogP) is 1.59. The Morgan fingerprint density at radius 2 is 2.62 bits per heavy atom. The third-order valence-corrected chi connectivity index (χ3v) is 3.32. The summed E-state index contributed by atoms with van der Waals surface area (Å²) in [4.78, 5) is 1.44. The molecule has 2 N–H and O–H groups in total. The lowest BCUT2D eigenvalue weighted by Gasteiger charge is -2.23. The SMILES string of the molecule is c1csc(CNC2CCCNC2)c1. The first-order valence-electron chi connectivity index (χ1n) is 4.91. The van der Waals surface area contributed by atoms with Gasteiger partial charge in [0.05, 0.1) is 0 Å². The summed E-state index contributed by atoms with van der Waals surface area (Å²) >= 11 is 1.83. The van der Waals surface area contributed by atoms with E-state index in [2.05, 4.69) is 28.1 Å². The number of piperidine rings is 1. The smallest absolute Gasteiger partial charge is 0.0302 e. The van der Waals surface area contributed by atoms with Crippen molar-refractivity contribution >= 4 is 11.3 Å². The van der Waals surface area contributed by atoms with E-state index in [0.29, 0.717) is 6.04 Å². The van der Waals surface area contributed by atoms with Crippen molar-refractivity contribution in [3.8, 4) is 0 Å². The normalized spacial score (nSPS) is 23.2. The molecule has 1 aromatic heterocycles. The van der Waals surface area contributed by atoms with E-state index in [-0.39, 0.29) is 0 Å². The van der Waals surface area contributed by atoms with Gasteiger partial charge in [-0.3, -0.25) is 0 Å². The lowest BCUT2D eigenvalue weighted by molar-refractivity contribution is 0.390. The molecule has 1 unspecified atom stereocenters. The number of hydrogen-bond acceptors (Lipinski definition) is 3. The Balaban J connectivity index is 1.72. The molecule has 13 heavy (non-hydrogen) atoms. The van der Waals surface area contributed by atoms with Gasteiger partial charge >= 0.3 is 0 Å². The molecule has 0 spiro atoms. The van der Waals surface area contributed by atoms with Crippen molar-refractivity contribution in [3.05, 3.63) is 22.4 Å². The van der Waals surface area contributed by atoms with Gasteiger partial charge < -0.3 is 10.6 Å². The van der Waals surface area contributed by atoms with E-state index < -0.39 is 0 Å². The second kappa shape index (κ2) is 4.74. The zero-order valence-electron chi connectivity index (χ0n) is 7.75. The van der Waals surface area contributed by atoms with E-state index in [1.54, 1.807) is 0 Å². The predicted molar refractivity (Wildman–Crippen MR) is 57.1 cm³/mol. The van der Waals surface area contributed by atoms with Gasteiger partial charge in [-0.05, 0) is 30.8 Å². The summed E-state index contributed by atoms with van der Waals surface area (Å²) in [5.74, 6) is 0. The molecule has 0 bridgehead atoms. The van der Waals surface area contributed by atoms with Crippen LogP contribution in [0.25, 0.3) is 0 Å². The topological polar surface area (TPSA) is 24.1 Å². The molecule has 1 atom stereocenters. The summed E-state index contributed by atoms with van der Waals surface area (Å²) in [6, 6.07) is 4.98. The van der Waals surface area contributed by atoms with E-state index in [4.69, 9.17) is 0 Å². The molecular weight excluding hydrogens is 180 g/mol. The molecular formula is C10H16N2S. The van der Waals surface area contributed by atoms with Gasteiger partial charge in [0, 0.05) is 24.0 Å². The number of nitrogens with one attached hydrogen (secondary N) is 2. The summed E-state index contributed by atoms with van der Waals surface area (Å²) in [6.07, 6.45) is 2.63. The highest BCUT2D eigenvalue weighted by Gasteiger charge is 2.11. The minimum absolute atomic E-state index is 0.677. The largest absolute Gasteiger partial charge is 0.315 e. The van der Waals surface area contributed by atoms with Crippen molar-refractivity contribution in [1.29, 1.82) is 0 Å². The Labute approximate surface area is 83.4 Å². The summed E-state index contributed by atoms with van der Waals surface area (Å²) in [7, 11) is 0. The van der Waals surface area contributed by atoms with E-state index >= 15 is 0 Å². The Hall–Kier alpha value is -0.380. The number of rotatable bonds is 3. The average molecular weight is 196 g/mol. The van der Waals surface area contributed by atoms with Crippen LogP contribution in [0, 0.1) is 0 Å². The molecule has 0 aliphatic carbocycles. The Morgan fingerprint density at radius 3 is 3.31 bits per heavy atom. The van der Waals surface area contributed by atoms with Gasteiger partial charge in [0.25, 0.3) is 0 Å². The Kier molecular flexibility index (Phi) is 3.35. The van der Waals surface area contributed by atoms with Crippen LogP contribution in [-0.2, 0) is 6.54 Å². The Morgan fingerprint density at radius 1 is 1.62 bits per heavy atom. The van der Waals surface area contributed by atoms with Gasteiger partial charge in [0.1, 0.15) is 0 Å². The molecule has 1 aliphatic rings. The van der Waals surface area contributed by atoms with Crippen LogP contribution >= 0.6 is 11.3 Å². The fourth-order valence-corrected chi connectivity index (χ4v) is 2.34. The highest BCUT2D eigenvalue weighted by atomic mass is 32.1. The molecule has 3 heteroatoms. The lowest BCUT2D eigenvalue weighted by atomic mass is 10.1. The summed E-state index contributed by atoms with van der Waals surface area (Å²) in [6.45, 7) is 3.35. The van der Waals surface area contributed by atoms with Crippen LogP contribution in [0.4, 0.5) is 0 Å². The fourth-order valence-electron chi connectivity index (χ4n) is 1.68. The van der Waals surface area contributed by atoms with Gasteiger partial charge in [-0.25, -0.2) is 0 Å². The van der Waals surface area contributed by atoms with Crippen LogP contribution in [0.15, 0.2) is 17.5 Å². The second-order valence-corrected chi connectivity index (χ2v) is 4.54.